The highest BCUT2D eigenvalue weighted by Gasteiger charge is 2.29. The number of amides is 1. The van der Waals surface area contributed by atoms with Gasteiger partial charge < -0.3 is 9.47 Å². The summed E-state index contributed by atoms with van der Waals surface area (Å²) in [4.78, 5) is 18.3. The summed E-state index contributed by atoms with van der Waals surface area (Å²) in [5.41, 5.74) is 3.56. The van der Waals surface area contributed by atoms with Gasteiger partial charge in [-0.2, -0.15) is 0 Å². The maximum atomic E-state index is 12.6. The van der Waals surface area contributed by atoms with E-state index in [1.54, 1.807) is 32.4 Å². The fraction of sp³-hybridized carbons (Fsp3) is 0.158. The molecule has 0 spiro atoms. The van der Waals surface area contributed by atoms with Crippen molar-refractivity contribution in [3.8, 4) is 22.8 Å². The molecule has 1 N–H and O–H groups in total. The van der Waals surface area contributed by atoms with Gasteiger partial charge in [-0.3, -0.25) is 10.1 Å². The Kier molecular flexibility index (Phi) is 4.96. The molecule has 138 valence electrons. The van der Waals surface area contributed by atoms with E-state index >= 15 is 0 Å². The van der Waals surface area contributed by atoms with E-state index in [1.807, 2.05) is 12.1 Å². The molecule has 0 unspecified atom stereocenters. The fourth-order valence-corrected chi connectivity index (χ4v) is 5.05. The molecule has 27 heavy (non-hydrogen) atoms. The molecule has 0 fully saturated rings. The number of thiazole rings is 1. The lowest BCUT2D eigenvalue weighted by Crippen LogP contribution is -2.11. The molecule has 1 heterocycles. The number of rotatable bonds is 4. The molecule has 0 bridgehead atoms. The van der Waals surface area contributed by atoms with Crippen LogP contribution in [0.5, 0.6) is 11.5 Å². The van der Waals surface area contributed by atoms with Gasteiger partial charge in [0.2, 0.25) is 0 Å². The Bertz CT molecular complexity index is 1070. The van der Waals surface area contributed by atoms with Crippen molar-refractivity contribution in [1.82, 2.24) is 4.98 Å². The highest BCUT2D eigenvalue weighted by atomic mass is 79.9. The highest BCUT2D eigenvalue weighted by molar-refractivity contribution is 9.10. The molecular formula is C19H14Br2N2O3S. The van der Waals surface area contributed by atoms with Crippen molar-refractivity contribution < 1.29 is 14.3 Å². The van der Waals surface area contributed by atoms with E-state index in [9.17, 15) is 4.79 Å². The second-order valence-corrected chi connectivity index (χ2v) is 8.67. The van der Waals surface area contributed by atoms with Crippen molar-refractivity contribution in [2.24, 2.45) is 0 Å². The number of nitrogens with zero attached hydrogens (tertiary/aromatic N) is 1. The van der Waals surface area contributed by atoms with Crippen molar-refractivity contribution in [2.75, 3.05) is 19.5 Å². The second kappa shape index (κ2) is 7.26. The molecule has 3 aromatic rings. The average Bonchev–Trinajstić information content (AvgIpc) is 3.20. The van der Waals surface area contributed by atoms with Crippen LogP contribution in [0.15, 0.2) is 39.3 Å². The molecule has 8 heteroatoms. The lowest BCUT2D eigenvalue weighted by atomic mass is 10.1. The Morgan fingerprint density at radius 2 is 1.85 bits per heavy atom. The number of hydrogen-bond acceptors (Lipinski definition) is 5. The summed E-state index contributed by atoms with van der Waals surface area (Å²) < 4.78 is 12.5. The third-order valence-electron chi connectivity index (χ3n) is 4.34. The minimum atomic E-state index is -0.216. The average molecular weight is 510 g/mol. The molecule has 1 aliphatic carbocycles. The maximum absolute atomic E-state index is 12.6. The summed E-state index contributed by atoms with van der Waals surface area (Å²) in [5, 5.41) is 3.46. The normalized spacial score (nSPS) is 11.7. The molecule has 0 saturated heterocycles. The second-order valence-electron chi connectivity index (χ2n) is 5.87. The van der Waals surface area contributed by atoms with E-state index in [-0.39, 0.29) is 5.91 Å². The maximum Gasteiger partial charge on any atom is 0.257 e. The highest BCUT2D eigenvalue weighted by Crippen LogP contribution is 2.48. The molecule has 4 rings (SSSR count). The zero-order chi connectivity index (χ0) is 19.1. The predicted octanol–water partition coefficient (Wildman–Crippen LogP) is 5.51. The van der Waals surface area contributed by atoms with E-state index in [0.717, 1.165) is 37.3 Å². The SMILES string of the molecule is COc1ccc(C(=O)Nc2nc3c(s2)Cc2c(Br)ccc(OC)c2-3)cc1Br. The molecule has 2 aromatic carbocycles. The Morgan fingerprint density at radius 3 is 2.56 bits per heavy atom. The van der Waals surface area contributed by atoms with Gasteiger partial charge in [0.1, 0.15) is 11.5 Å². The zero-order valence-electron chi connectivity index (χ0n) is 14.4. The van der Waals surface area contributed by atoms with Gasteiger partial charge >= 0.3 is 0 Å². The number of aromatic nitrogens is 1. The van der Waals surface area contributed by atoms with E-state index in [2.05, 4.69) is 42.2 Å². The molecule has 1 amide bonds. The fourth-order valence-electron chi connectivity index (χ4n) is 3.06. The van der Waals surface area contributed by atoms with Crippen molar-refractivity contribution in [3.05, 3.63) is 55.3 Å². The van der Waals surface area contributed by atoms with E-state index < -0.39 is 0 Å². The summed E-state index contributed by atoms with van der Waals surface area (Å²) in [6.07, 6.45) is 0.768. The van der Waals surface area contributed by atoms with Crippen LogP contribution in [0.25, 0.3) is 11.3 Å². The smallest absolute Gasteiger partial charge is 0.257 e. The van der Waals surface area contributed by atoms with Gasteiger partial charge in [-0.25, -0.2) is 4.98 Å². The topological polar surface area (TPSA) is 60.5 Å². The molecule has 0 radical (unpaired) electrons. The number of anilines is 1. The van der Waals surface area contributed by atoms with Gasteiger partial charge in [-0.05, 0) is 51.8 Å². The quantitative estimate of drug-likeness (QED) is 0.394. The third-order valence-corrected chi connectivity index (χ3v) is 6.68. The largest absolute Gasteiger partial charge is 0.496 e. The number of benzene rings is 2. The third kappa shape index (κ3) is 3.26. The summed E-state index contributed by atoms with van der Waals surface area (Å²) >= 11 is 8.49. The van der Waals surface area contributed by atoms with Crippen LogP contribution in [0, 0.1) is 0 Å². The molecule has 0 saturated carbocycles. The Labute approximate surface area is 177 Å². The van der Waals surface area contributed by atoms with Crippen molar-refractivity contribution >= 4 is 54.2 Å². The number of ether oxygens (including phenoxy) is 2. The number of carbonyl (C=O) groups excluding carboxylic acids is 1. The lowest BCUT2D eigenvalue weighted by molar-refractivity contribution is 0.102. The van der Waals surface area contributed by atoms with Gasteiger partial charge in [0.05, 0.1) is 24.4 Å². The molecule has 5 nitrogen and oxygen atoms in total. The van der Waals surface area contributed by atoms with Gasteiger partial charge in [-0.1, -0.05) is 15.9 Å². The van der Waals surface area contributed by atoms with Crippen LogP contribution in [0.4, 0.5) is 5.13 Å². The van der Waals surface area contributed by atoms with Gasteiger partial charge in [0.25, 0.3) is 5.91 Å². The van der Waals surface area contributed by atoms with Gasteiger partial charge in [-0.15, -0.1) is 11.3 Å². The number of nitrogens with one attached hydrogen (secondary N) is 1. The van der Waals surface area contributed by atoms with E-state index in [0.29, 0.717) is 16.4 Å². The van der Waals surface area contributed by atoms with Crippen LogP contribution >= 0.6 is 43.2 Å². The monoisotopic (exact) mass is 508 g/mol. The minimum Gasteiger partial charge on any atom is -0.496 e. The number of carbonyl (C=O) groups is 1. The Morgan fingerprint density at radius 1 is 1.11 bits per heavy atom. The first kappa shape index (κ1) is 18.5. The summed E-state index contributed by atoms with van der Waals surface area (Å²) in [7, 11) is 3.24. The molecule has 0 aliphatic heterocycles. The standard InChI is InChI=1S/C19H14Br2N2O3S/c1-25-13-5-3-9(7-12(13)21)18(24)23-19-22-17-15(27-19)8-10-11(20)4-6-14(26-2)16(10)17/h3-7H,8H2,1-2H3,(H,22,23,24). The molecule has 1 aliphatic rings. The summed E-state index contributed by atoms with van der Waals surface area (Å²) in [6, 6.07) is 9.10. The van der Waals surface area contributed by atoms with Crippen LogP contribution < -0.4 is 14.8 Å². The number of halogens is 2. The first-order chi connectivity index (χ1) is 13.0. The van der Waals surface area contributed by atoms with Gasteiger partial charge in [0, 0.05) is 26.9 Å². The van der Waals surface area contributed by atoms with E-state index in [1.165, 1.54) is 16.9 Å². The summed E-state index contributed by atoms with van der Waals surface area (Å²) in [5.74, 6) is 1.25. The van der Waals surface area contributed by atoms with Crippen LogP contribution in [-0.4, -0.2) is 25.1 Å². The number of methoxy groups -OCH3 is 2. The first-order valence-corrected chi connectivity index (χ1v) is 10.4. The van der Waals surface area contributed by atoms with E-state index in [4.69, 9.17) is 9.47 Å². The predicted molar refractivity (Wildman–Crippen MR) is 113 cm³/mol. The van der Waals surface area contributed by atoms with Crippen molar-refractivity contribution in [2.45, 2.75) is 6.42 Å². The minimum absolute atomic E-state index is 0.216. The molecule has 0 atom stereocenters. The zero-order valence-corrected chi connectivity index (χ0v) is 18.4. The van der Waals surface area contributed by atoms with Crippen LogP contribution in [0.3, 0.4) is 0 Å². The number of fused-ring (bicyclic) bond motifs is 3. The van der Waals surface area contributed by atoms with Crippen LogP contribution in [0.2, 0.25) is 0 Å². The van der Waals surface area contributed by atoms with Crippen molar-refractivity contribution in [1.29, 1.82) is 0 Å². The first-order valence-electron chi connectivity index (χ1n) is 8.02. The molecular weight excluding hydrogens is 496 g/mol. The van der Waals surface area contributed by atoms with Crippen LogP contribution in [0.1, 0.15) is 20.8 Å². The summed E-state index contributed by atoms with van der Waals surface area (Å²) in [6.45, 7) is 0. The lowest BCUT2D eigenvalue weighted by Gasteiger charge is -2.09. The van der Waals surface area contributed by atoms with Gasteiger partial charge in [0.15, 0.2) is 5.13 Å². The number of hydrogen-bond donors (Lipinski definition) is 1. The molecule has 1 aromatic heterocycles. The van der Waals surface area contributed by atoms with Crippen molar-refractivity contribution in [3.63, 3.8) is 0 Å². The Hall–Kier alpha value is -1.90. The Balaban J connectivity index is 1.62. The van der Waals surface area contributed by atoms with Crippen LogP contribution in [-0.2, 0) is 6.42 Å².